The highest BCUT2D eigenvalue weighted by molar-refractivity contribution is 5.94. The fourth-order valence-electron chi connectivity index (χ4n) is 2.37. The van der Waals surface area contributed by atoms with Crippen LogP contribution in [0.25, 0.3) is 0 Å². The van der Waals surface area contributed by atoms with E-state index < -0.39 is 6.10 Å². The summed E-state index contributed by atoms with van der Waals surface area (Å²) < 4.78 is 5.94. The normalized spacial score (nSPS) is 11.8. The van der Waals surface area contributed by atoms with Gasteiger partial charge in [0.2, 0.25) is 0 Å². The van der Waals surface area contributed by atoms with Crippen LogP contribution < -0.4 is 10.1 Å². The lowest BCUT2D eigenvalue weighted by molar-refractivity contribution is -0.122. The van der Waals surface area contributed by atoms with Gasteiger partial charge in [-0.15, -0.1) is 0 Å². The van der Waals surface area contributed by atoms with Crippen LogP contribution in [0.4, 0.5) is 5.69 Å². The minimum atomic E-state index is -0.499. The number of amides is 1. The molecule has 3 heteroatoms. The smallest absolute Gasteiger partial charge is 0.265 e. The van der Waals surface area contributed by atoms with E-state index in [0.29, 0.717) is 6.42 Å². The summed E-state index contributed by atoms with van der Waals surface area (Å²) in [4.78, 5) is 12.5. The Kier molecular flexibility index (Phi) is 5.80. The Morgan fingerprint density at radius 2 is 1.78 bits per heavy atom. The van der Waals surface area contributed by atoms with Gasteiger partial charge in [-0.2, -0.15) is 0 Å². The third-order valence-corrected chi connectivity index (χ3v) is 4.12. The standard InChI is InChI=1S/C20H25NO2/c1-5-16-10-12-17(13-11-16)21-20(22)18(6-2)23-19-9-7-8-14(3)15(19)4/h7-13,18H,5-6H2,1-4H3,(H,21,22). The number of nitrogens with one attached hydrogen (secondary N) is 1. The first kappa shape index (κ1) is 17.1. The molecular weight excluding hydrogens is 286 g/mol. The maximum atomic E-state index is 12.5. The van der Waals surface area contributed by atoms with Crippen molar-refractivity contribution in [2.75, 3.05) is 5.32 Å². The number of anilines is 1. The SMILES string of the molecule is CCc1ccc(NC(=O)C(CC)Oc2cccc(C)c2C)cc1. The molecule has 0 bridgehead atoms. The molecule has 1 unspecified atom stereocenters. The molecule has 0 aliphatic rings. The van der Waals surface area contributed by atoms with Crippen molar-refractivity contribution in [3.05, 3.63) is 59.2 Å². The van der Waals surface area contributed by atoms with Crippen molar-refractivity contribution in [1.82, 2.24) is 0 Å². The lowest BCUT2D eigenvalue weighted by Crippen LogP contribution is -2.32. The van der Waals surface area contributed by atoms with Gasteiger partial charge in [0, 0.05) is 5.69 Å². The number of hydrogen-bond donors (Lipinski definition) is 1. The topological polar surface area (TPSA) is 38.3 Å². The molecule has 0 saturated heterocycles. The molecule has 0 saturated carbocycles. The molecule has 2 rings (SSSR count). The van der Waals surface area contributed by atoms with Crippen molar-refractivity contribution in [3.8, 4) is 5.75 Å². The first-order chi connectivity index (χ1) is 11.0. The van der Waals surface area contributed by atoms with Crippen LogP contribution in [-0.2, 0) is 11.2 Å². The molecule has 0 aliphatic carbocycles. The predicted octanol–water partition coefficient (Wildman–Crippen LogP) is 4.66. The van der Waals surface area contributed by atoms with E-state index in [1.54, 1.807) is 0 Å². The molecule has 0 aliphatic heterocycles. The summed E-state index contributed by atoms with van der Waals surface area (Å²) in [6.45, 7) is 8.12. The molecule has 122 valence electrons. The summed E-state index contributed by atoms with van der Waals surface area (Å²) >= 11 is 0. The summed E-state index contributed by atoms with van der Waals surface area (Å²) in [5.41, 5.74) is 4.29. The van der Waals surface area contributed by atoms with E-state index in [4.69, 9.17) is 4.74 Å². The van der Waals surface area contributed by atoms with E-state index >= 15 is 0 Å². The Labute approximate surface area is 138 Å². The number of aryl methyl sites for hydroxylation is 2. The van der Waals surface area contributed by atoms with Crippen LogP contribution in [0.15, 0.2) is 42.5 Å². The quantitative estimate of drug-likeness (QED) is 0.842. The van der Waals surface area contributed by atoms with Crippen molar-refractivity contribution in [1.29, 1.82) is 0 Å². The van der Waals surface area contributed by atoms with Gasteiger partial charge in [0.25, 0.3) is 5.91 Å². The van der Waals surface area contributed by atoms with Gasteiger partial charge in [-0.3, -0.25) is 4.79 Å². The highest BCUT2D eigenvalue weighted by Crippen LogP contribution is 2.23. The van der Waals surface area contributed by atoms with Crippen molar-refractivity contribution in [3.63, 3.8) is 0 Å². The lowest BCUT2D eigenvalue weighted by Gasteiger charge is -2.19. The Hall–Kier alpha value is -2.29. The average Bonchev–Trinajstić information content (AvgIpc) is 2.56. The highest BCUT2D eigenvalue weighted by Gasteiger charge is 2.19. The molecule has 2 aromatic carbocycles. The van der Waals surface area contributed by atoms with E-state index in [0.717, 1.165) is 29.0 Å². The van der Waals surface area contributed by atoms with E-state index in [-0.39, 0.29) is 5.91 Å². The maximum absolute atomic E-state index is 12.5. The van der Waals surface area contributed by atoms with Crippen molar-refractivity contribution >= 4 is 11.6 Å². The largest absolute Gasteiger partial charge is 0.480 e. The summed E-state index contributed by atoms with van der Waals surface area (Å²) in [7, 11) is 0. The second kappa shape index (κ2) is 7.82. The molecule has 3 nitrogen and oxygen atoms in total. The van der Waals surface area contributed by atoms with Crippen LogP contribution in [0.1, 0.15) is 37.0 Å². The zero-order chi connectivity index (χ0) is 16.8. The number of carbonyl (C=O) groups is 1. The second-order valence-corrected chi connectivity index (χ2v) is 5.75. The lowest BCUT2D eigenvalue weighted by atomic mass is 10.1. The molecule has 1 amide bonds. The molecule has 0 aromatic heterocycles. The first-order valence-electron chi connectivity index (χ1n) is 8.17. The molecule has 2 aromatic rings. The summed E-state index contributed by atoms with van der Waals surface area (Å²) in [6.07, 6.45) is 1.11. The van der Waals surface area contributed by atoms with Crippen LogP contribution >= 0.6 is 0 Å². The summed E-state index contributed by atoms with van der Waals surface area (Å²) in [6, 6.07) is 13.8. The van der Waals surface area contributed by atoms with Gasteiger partial charge in [-0.25, -0.2) is 0 Å². The molecule has 0 radical (unpaired) electrons. The minimum Gasteiger partial charge on any atom is -0.480 e. The van der Waals surface area contributed by atoms with Gasteiger partial charge in [0.1, 0.15) is 5.75 Å². The van der Waals surface area contributed by atoms with Gasteiger partial charge in [-0.05, 0) is 61.6 Å². The first-order valence-corrected chi connectivity index (χ1v) is 8.17. The Balaban J connectivity index is 2.07. The Morgan fingerprint density at radius 3 is 2.39 bits per heavy atom. The zero-order valence-electron chi connectivity index (χ0n) is 14.3. The molecule has 0 fully saturated rings. The third-order valence-electron chi connectivity index (χ3n) is 4.12. The Morgan fingerprint density at radius 1 is 1.09 bits per heavy atom. The van der Waals surface area contributed by atoms with Crippen LogP contribution in [-0.4, -0.2) is 12.0 Å². The molecule has 23 heavy (non-hydrogen) atoms. The van der Waals surface area contributed by atoms with Crippen molar-refractivity contribution in [2.24, 2.45) is 0 Å². The highest BCUT2D eigenvalue weighted by atomic mass is 16.5. The van der Waals surface area contributed by atoms with E-state index in [1.807, 2.05) is 63.2 Å². The van der Waals surface area contributed by atoms with E-state index in [2.05, 4.69) is 12.2 Å². The number of hydrogen-bond acceptors (Lipinski definition) is 2. The van der Waals surface area contributed by atoms with E-state index in [1.165, 1.54) is 5.56 Å². The number of benzene rings is 2. The molecule has 0 heterocycles. The van der Waals surface area contributed by atoms with Crippen LogP contribution in [0, 0.1) is 13.8 Å². The van der Waals surface area contributed by atoms with Crippen LogP contribution in [0.3, 0.4) is 0 Å². The zero-order valence-corrected chi connectivity index (χ0v) is 14.3. The molecule has 0 spiro atoms. The van der Waals surface area contributed by atoms with Gasteiger partial charge in [-0.1, -0.05) is 38.1 Å². The molecular formula is C20H25NO2. The van der Waals surface area contributed by atoms with Gasteiger partial charge in [0.15, 0.2) is 6.10 Å². The number of ether oxygens (including phenoxy) is 1. The molecule has 1 N–H and O–H groups in total. The average molecular weight is 311 g/mol. The number of rotatable bonds is 6. The van der Waals surface area contributed by atoms with E-state index in [9.17, 15) is 4.79 Å². The molecule has 1 atom stereocenters. The van der Waals surface area contributed by atoms with Gasteiger partial charge >= 0.3 is 0 Å². The maximum Gasteiger partial charge on any atom is 0.265 e. The summed E-state index contributed by atoms with van der Waals surface area (Å²) in [5.74, 6) is 0.658. The van der Waals surface area contributed by atoms with Gasteiger partial charge < -0.3 is 10.1 Å². The third kappa shape index (κ3) is 4.35. The van der Waals surface area contributed by atoms with Gasteiger partial charge in [0.05, 0.1) is 0 Å². The van der Waals surface area contributed by atoms with Crippen molar-refractivity contribution < 1.29 is 9.53 Å². The van der Waals surface area contributed by atoms with Crippen LogP contribution in [0.5, 0.6) is 5.75 Å². The van der Waals surface area contributed by atoms with Crippen LogP contribution in [0.2, 0.25) is 0 Å². The fraction of sp³-hybridized carbons (Fsp3) is 0.350. The number of carbonyl (C=O) groups excluding carboxylic acids is 1. The monoisotopic (exact) mass is 311 g/mol. The van der Waals surface area contributed by atoms with Crippen molar-refractivity contribution in [2.45, 2.75) is 46.6 Å². The summed E-state index contributed by atoms with van der Waals surface area (Å²) in [5, 5.41) is 2.93. The predicted molar refractivity (Wildman–Crippen MR) is 95.1 cm³/mol. The second-order valence-electron chi connectivity index (χ2n) is 5.75. The Bertz CT molecular complexity index is 662. The fourth-order valence-corrected chi connectivity index (χ4v) is 2.37. The minimum absolute atomic E-state index is 0.113.